The molecule has 92 heavy (non-hydrogen) atoms. The second-order valence-electron chi connectivity index (χ2n) is 23.6. The second kappa shape index (κ2) is 44.6. The summed E-state index contributed by atoms with van der Waals surface area (Å²) in [5.74, 6) is 0. The molecule has 0 aliphatic heterocycles. The Morgan fingerprint density at radius 2 is 0.446 bits per heavy atom. The first-order valence-corrected chi connectivity index (χ1v) is 39.6. The van der Waals surface area contributed by atoms with Crippen LogP contribution in [-0.2, 0) is 43.4 Å². The normalized spacial score (nSPS) is 10.9. The fourth-order valence-electron chi connectivity index (χ4n) is 12.0. The van der Waals surface area contributed by atoms with E-state index < -0.39 is 15.8 Å². The third-order valence-electron chi connectivity index (χ3n) is 16.8. The first kappa shape index (κ1) is 78.6. The molecule has 0 spiro atoms. The van der Waals surface area contributed by atoms with Crippen LogP contribution in [0.4, 0.5) is 0 Å². The summed E-state index contributed by atoms with van der Waals surface area (Å²) in [4.78, 5) is 0. The van der Waals surface area contributed by atoms with Crippen LogP contribution in [-0.4, -0.2) is 24.6 Å². The molecule has 0 atom stereocenters. The molecule has 0 saturated carbocycles. The van der Waals surface area contributed by atoms with Crippen LogP contribution in [0.5, 0.6) is 0 Å². The number of hydrogen-bond donors (Lipinski definition) is 0. The molecule has 0 saturated heterocycles. The van der Waals surface area contributed by atoms with Crippen molar-refractivity contribution in [3.05, 3.63) is 267 Å². The maximum atomic E-state index is 2.47. The van der Waals surface area contributed by atoms with Gasteiger partial charge in [-0.25, -0.2) is 0 Å². The average Bonchev–Trinajstić information content (AvgIpc) is 1.66. The van der Waals surface area contributed by atoms with Gasteiger partial charge in [-0.15, -0.1) is 161 Å². The van der Waals surface area contributed by atoms with Crippen molar-refractivity contribution in [2.24, 2.45) is 0 Å². The Labute approximate surface area is 602 Å². The van der Waals surface area contributed by atoms with Gasteiger partial charge in [-0.1, -0.05) is 266 Å². The van der Waals surface area contributed by atoms with Gasteiger partial charge in [0.05, 0.1) is 0 Å². The van der Waals surface area contributed by atoms with Crippen molar-refractivity contribution in [3.8, 4) is 0 Å². The quantitative estimate of drug-likeness (QED) is 0.0198. The third-order valence-corrected chi connectivity index (χ3v) is 27.1. The minimum Gasteiger partial charge on any atom is -1.00 e. The van der Waals surface area contributed by atoms with Gasteiger partial charge in [-0.3, -0.25) is 0 Å². The summed E-state index contributed by atoms with van der Waals surface area (Å²) in [5.41, 5.74) is 0. The van der Waals surface area contributed by atoms with E-state index in [9.17, 15) is 0 Å². The first-order valence-electron chi connectivity index (χ1n) is 33.5. The summed E-state index contributed by atoms with van der Waals surface area (Å²) in [6.07, 6.45) is 28.1. The summed E-state index contributed by atoms with van der Waals surface area (Å²) in [5, 5.41) is 22.8. The molecule has 12 rings (SSSR count). The van der Waals surface area contributed by atoms with E-state index in [1.54, 1.807) is 10.6 Å². The van der Waals surface area contributed by atoms with Gasteiger partial charge in [0.25, 0.3) is 0 Å². The molecule has 0 aromatic heterocycles. The van der Waals surface area contributed by atoms with E-state index in [1.807, 2.05) is 0 Å². The number of halogens is 2. The van der Waals surface area contributed by atoms with Crippen LogP contribution in [0, 0.1) is 0 Å². The van der Waals surface area contributed by atoms with E-state index >= 15 is 0 Å². The summed E-state index contributed by atoms with van der Waals surface area (Å²) in [6.45, 7) is 9.21. The van der Waals surface area contributed by atoms with Gasteiger partial charge in [-0.05, 0) is 87.4 Å². The SMILES string of the molecule is CCCCCCP(CCCCCC)c1cc2ccccc2[cH-]1.CCCCCCP(CCCCCC)c1cc2ccccc2[cH-]1.[Cl-].[Cl-].[Ti+2].[Ti+2].c1ccc(P(c2ccccc2)c2cc3ccccc3[cH-]2)cc1.c1ccc(P(c2ccccc2)c2cc3ccccc3[cH-]2)cc1. The first-order chi connectivity index (χ1) is 43.5. The summed E-state index contributed by atoms with van der Waals surface area (Å²) in [6, 6.07) is 97.6. The van der Waals surface area contributed by atoms with Gasteiger partial charge in [0.1, 0.15) is 0 Å². The Morgan fingerprint density at radius 3 is 0.674 bits per heavy atom. The van der Waals surface area contributed by atoms with Crippen molar-refractivity contribution in [1.82, 2.24) is 0 Å². The zero-order chi connectivity index (χ0) is 60.8. The Kier molecular flexibility index (Phi) is 38.1. The molecule has 0 unspecified atom stereocenters. The minimum atomic E-state index is -0.493. The molecule has 0 aliphatic carbocycles. The van der Waals surface area contributed by atoms with Crippen molar-refractivity contribution in [2.75, 3.05) is 24.6 Å². The molecule has 0 aliphatic rings. The predicted octanol–water partition coefficient (Wildman–Crippen LogP) is 16.3. The van der Waals surface area contributed by atoms with Crippen molar-refractivity contribution >= 4 is 117 Å². The van der Waals surface area contributed by atoms with Gasteiger partial charge >= 0.3 is 43.4 Å². The van der Waals surface area contributed by atoms with Crippen LogP contribution in [0.1, 0.15) is 130 Å². The van der Waals surface area contributed by atoms with Gasteiger partial charge in [-0.2, -0.15) is 24.3 Å². The molecule has 12 aromatic carbocycles. The van der Waals surface area contributed by atoms with Gasteiger partial charge < -0.3 is 24.8 Å². The molecule has 476 valence electrons. The van der Waals surface area contributed by atoms with E-state index in [0.717, 1.165) is 0 Å². The summed E-state index contributed by atoms with van der Waals surface area (Å²) < 4.78 is 0. The van der Waals surface area contributed by atoms with Gasteiger partial charge in [0, 0.05) is 0 Å². The third kappa shape index (κ3) is 24.2. The van der Waals surface area contributed by atoms with Crippen molar-refractivity contribution in [2.45, 2.75) is 130 Å². The molecule has 0 fully saturated rings. The molecule has 0 heterocycles. The topological polar surface area (TPSA) is 0 Å². The molecule has 0 N–H and O–H groups in total. The standard InChI is InChI=1S/2C21H16P.2C21H32P.2ClH.2Ti/c2*1-3-11-19(12-4-1)22(20-13-5-2-6-14-20)21-15-17-9-7-8-10-18(17)16-21;2*1-3-5-7-11-15-22(16-12-8-6-4-2)21-17-19-13-9-10-14-20(19)18-21;;;;/h2*1-16H;2*9-10,13-14,17-18H,3-8,11-12,15-16H2,1-2H3;2*1H;;/q4*-1;;;2*+2/p-2. The van der Waals surface area contributed by atoms with Crippen LogP contribution in [0.25, 0.3) is 43.1 Å². The molecular weight excluding hydrogens is 1300 g/mol. The number of fused-ring (bicyclic) bond motifs is 4. The monoisotopic (exact) mass is 1390 g/mol. The number of benzene rings is 8. The maximum absolute atomic E-state index is 2.47. The van der Waals surface area contributed by atoms with Crippen molar-refractivity contribution in [1.29, 1.82) is 0 Å². The average molecular weight is 1400 g/mol. The van der Waals surface area contributed by atoms with Crippen molar-refractivity contribution in [3.63, 3.8) is 0 Å². The smallest absolute Gasteiger partial charge is 1.00 e. The minimum absolute atomic E-state index is 0. The molecule has 0 nitrogen and oxygen atoms in total. The van der Waals surface area contributed by atoms with Crippen LogP contribution >= 0.6 is 31.7 Å². The molecule has 0 bridgehead atoms. The summed E-state index contributed by atoms with van der Waals surface area (Å²) >= 11 is 0. The van der Waals surface area contributed by atoms with E-state index in [4.69, 9.17) is 0 Å². The van der Waals surface area contributed by atoms with E-state index in [0.29, 0.717) is 0 Å². The molecule has 0 amide bonds. The van der Waals surface area contributed by atoms with E-state index in [2.05, 4.69) is 295 Å². The van der Waals surface area contributed by atoms with E-state index in [1.165, 1.54) is 202 Å². The fraction of sp³-hybridized carbons (Fsp3) is 0.286. The number of hydrogen-bond acceptors (Lipinski definition) is 0. The maximum Gasteiger partial charge on any atom is 2.00 e. The van der Waals surface area contributed by atoms with Gasteiger partial charge in [0.2, 0.25) is 0 Å². The Balaban J connectivity index is 0.000000219. The number of unbranched alkanes of at least 4 members (excludes halogenated alkanes) is 12. The zero-order valence-corrected chi connectivity index (χ0v) is 63.3. The molecule has 8 heteroatoms. The van der Waals surface area contributed by atoms with Crippen LogP contribution in [0.15, 0.2) is 267 Å². The predicted molar refractivity (Wildman–Crippen MR) is 405 cm³/mol. The Hall–Kier alpha value is -4.07. The second-order valence-corrected chi connectivity index (χ2v) is 33.0. The van der Waals surface area contributed by atoms with Gasteiger partial charge in [0.15, 0.2) is 0 Å². The Bertz CT molecular complexity index is 3330. The van der Waals surface area contributed by atoms with Crippen LogP contribution in [0.2, 0.25) is 0 Å². The van der Waals surface area contributed by atoms with Crippen LogP contribution < -0.4 is 67.3 Å². The summed E-state index contributed by atoms with van der Waals surface area (Å²) in [7, 11) is -0.857. The molecule has 0 radical (unpaired) electrons. The van der Waals surface area contributed by atoms with E-state index in [-0.39, 0.29) is 84.1 Å². The largest absolute Gasteiger partial charge is 2.00 e. The van der Waals surface area contributed by atoms with Crippen molar-refractivity contribution < 1.29 is 68.2 Å². The molecular formula is C84H96Cl2P4Ti2-2. The Morgan fingerprint density at radius 1 is 0.239 bits per heavy atom. The molecule has 12 aromatic rings. The zero-order valence-electron chi connectivity index (χ0n) is 55.1. The fourth-order valence-corrected chi connectivity index (χ4v) is 22.0. The number of rotatable bonds is 28. The van der Waals surface area contributed by atoms with Crippen LogP contribution in [0.3, 0.4) is 0 Å².